The van der Waals surface area contributed by atoms with E-state index in [1.807, 2.05) is 37.3 Å². The Morgan fingerprint density at radius 2 is 1.83 bits per heavy atom. The topological polar surface area (TPSA) is 59.8 Å². The first-order chi connectivity index (χ1) is 17.6. The highest BCUT2D eigenvalue weighted by molar-refractivity contribution is 5.95. The van der Waals surface area contributed by atoms with Gasteiger partial charge in [0.2, 0.25) is 0 Å². The number of anilines is 1. The number of rotatable bonds is 10. The molecule has 1 saturated heterocycles. The van der Waals surface area contributed by atoms with Crippen molar-refractivity contribution in [2.75, 3.05) is 38.7 Å². The monoisotopic (exact) mass is 489 g/mol. The molecule has 0 atom stereocenters. The van der Waals surface area contributed by atoms with Crippen molar-refractivity contribution < 1.29 is 18.3 Å². The standard InChI is InChI=1S/C29H32FN3O3/c1-20-6-11-27(36-20)26-17-24(31-19-21-7-9-22(30)10-8-21)23-16-28(34-2)29(18-25(23)32-26)35-15-5-14-33-12-3-4-13-33/h6-11,16-18H,3-5,12-15,19H2,1-2H3,(H,31,32). The highest BCUT2D eigenvalue weighted by Crippen LogP contribution is 2.37. The number of hydrogen-bond donors (Lipinski definition) is 1. The van der Waals surface area contributed by atoms with Gasteiger partial charge in [0.05, 0.1) is 19.2 Å². The molecule has 5 rings (SSSR count). The first-order valence-electron chi connectivity index (χ1n) is 12.5. The second-order valence-corrected chi connectivity index (χ2v) is 9.22. The molecule has 2 aromatic carbocycles. The van der Waals surface area contributed by atoms with Crippen molar-refractivity contribution in [1.29, 1.82) is 0 Å². The molecule has 4 aromatic rings. The Kier molecular flexibility index (Phi) is 7.37. The Morgan fingerprint density at radius 1 is 1.03 bits per heavy atom. The number of aryl methyl sites for hydroxylation is 1. The largest absolute Gasteiger partial charge is 0.493 e. The molecule has 0 aliphatic carbocycles. The van der Waals surface area contributed by atoms with Crippen molar-refractivity contribution >= 4 is 16.6 Å². The zero-order chi connectivity index (χ0) is 24.9. The average Bonchev–Trinajstić information content (AvgIpc) is 3.57. The fraction of sp³-hybridized carbons (Fsp3) is 0.345. The number of ether oxygens (including phenoxy) is 2. The van der Waals surface area contributed by atoms with Crippen LogP contribution in [-0.2, 0) is 6.54 Å². The zero-order valence-electron chi connectivity index (χ0n) is 20.9. The van der Waals surface area contributed by atoms with E-state index in [9.17, 15) is 4.39 Å². The lowest BCUT2D eigenvalue weighted by Gasteiger charge is -2.17. The van der Waals surface area contributed by atoms with Crippen LogP contribution in [0.5, 0.6) is 11.5 Å². The Balaban J connectivity index is 1.43. The van der Waals surface area contributed by atoms with Crippen molar-refractivity contribution in [3.05, 3.63) is 71.7 Å². The van der Waals surface area contributed by atoms with E-state index < -0.39 is 0 Å². The average molecular weight is 490 g/mol. The molecule has 188 valence electrons. The summed E-state index contributed by atoms with van der Waals surface area (Å²) in [5.41, 5.74) is 3.36. The summed E-state index contributed by atoms with van der Waals surface area (Å²) in [6.45, 7) is 6.49. The van der Waals surface area contributed by atoms with Crippen LogP contribution in [0.25, 0.3) is 22.4 Å². The van der Waals surface area contributed by atoms with Crippen LogP contribution in [0, 0.1) is 12.7 Å². The molecule has 7 heteroatoms. The van der Waals surface area contributed by atoms with Crippen molar-refractivity contribution in [1.82, 2.24) is 9.88 Å². The van der Waals surface area contributed by atoms with Gasteiger partial charge in [-0.05, 0) is 81.2 Å². The van der Waals surface area contributed by atoms with Crippen molar-refractivity contribution in [3.8, 4) is 23.0 Å². The SMILES string of the molecule is COc1cc2c(NCc3ccc(F)cc3)cc(-c3ccc(C)o3)nc2cc1OCCCN1CCCC1. The number of benzene rings is 2. The molecule has 3 heterocycles. The first kappa shape index (κ1) is 24.1. The van der Waals surface area contributed by atoms with E-state index in [0.29, 0.717) is 30.4 Å². The van der Waals surface area contributed by atoms with Crippen LogP contribution in [0.2, 0.25) is 0 Å². The van der Waals surface area contributed by atoms with Crippen molar-refractivity contribution in [2.24, 2.45) is 0 Å². The van der Waals surface area contributed by atoms with Crippen LogP contribution in [0.1, 0.15) is 30.6 Å². The summed E-state index contributed by atoms with van der Waals surface area (Å²) in [4.78, 5) is 7.37. The van der Waals surface area contributed by atoms with Crippen LogP contribution in [0.3, 0.4) is 0 Å². The molecule has 0 saturated carbocycles. The summed E-state index contributed by atoms with van der Waals surface area (Å²) in [5.74, 6) is 2.61. The second kappa shape index (κ2) is 11.0. The third-order valence-electron chi connectivity index (χ3n) is 6.56. The molecule has 36 heavy (non-hydrogen) atoms. The van der Waals surface area contributed by atoms with Gasteiger partial charge in [0.15, 0.2) is 17.3 Å². The first-order valence-corrected chi connectivity index (χ1v) is 12.5. The van der Waals surface area contributed by atoms with E-state index in [1.165, 1.54) is 38.1 Å². The number of hydrogen-bond acceptors (Lipinski definition) is 6. The van der Waals surface area contributed by atoms with E-state index in [1.54, 1.807) is 19.2 Å². The number of nitrogens with zero attached hydrogens (tertiary/aromatic N) is 2. The second-order valence-electron chi connectivity index (χ2n) is 9.22. The highest BCUT2D eigenvalue weighted by Gasteiger charge is 2.16. The summed E-state index contributed by atoms with van der Waals surface area (Å²) in [6.07, 6.45) is 3.55. The van der Waals surface area contributed by atoms with Crippen molar-refractivity contribution in [3.63, 3.8) is 0 Å². The van der Waals surface area contributed by atoms with Gasteiger partial charge in [-0.25, -0.2) is 9.37 Å². The van der Waals surface area contributed by atoms with Gasteiger partial charge < -0.3 is 24.1 Å². The van der Waals surface area contributed by atoms with E-state index in [4.69, 9.17) is 18.9 Å². The molecule has 0 radical (unpaired) electrons. The van der Waals surface area contributed by atoms with E-state index >= 15 is 0 Å². The zero-order valence-corrected chi connectivity index (χ0v) is 20.9. The van der Waals surface area contributed by atoms with Gasteiger partial charge in [-0.3, -0.25) is 0 Å². The van der Waals surface area contributed by atoms with Gasteiger partial charge in [-0.1, -0.05) is 12.1 Å². The summed E-state index contributed by atoms with van der Waals surface area (Å²) in [6, 6.07) is 16.2. The Labute approximate surface area is 211 Å². The maximum Gasteiger partial charge on any atom is 0.163 e. The lowest BCUT2D eigenvalue weighted by molar-refractivity contribution is 0.254. The molecule has 2 aromatic heterocycles. The Hall–Kier alpha value is -3.58. The van der Waals surface area contributed by atoms with Crippen LogP contribution in [-0.4, -0.2) is 43.2 Å². The minimum atomic E-state index is -0.249. The van der Waals surface area contributed by atoms with Gasteiger partial charge in [-0.2, -0.15) is 0 Å². The number of halogens is 1. The van der Waals surface area contributed by atoms with E-state index in [2.05, 4.69) is 10.2 Å². The van der Waals surface area contributed by atoms with Gasteiger partial charge in [0.25, 0.3) is 0 Å². The number of aromatic nitrogens is 1. The van der Waals surface area contributed by atoms with Gasteiger partial charge >= 0.3 is 0 Å². The molecule has 0 amide bonds. The summed E-state index contributed by atoms with van der Waals surface area (Å²) >= 11 is 0. The third-order valence-corrected chi connectivity index (χ3v) is 6.56. The van der Waals surface area contributed by atoms with Crippen LogP contribution in [0.15, 0.2) is 59.0 Å². The summed E-state index contributed by atoms with van der Waals surface area (Å²) in [7, 11) is 1.65. The number of nitrogens with one attached hydrogen (secondary N) is 1. The van der Waals surface area contributed by atoms with Crippen molar-refractivity contribution in [2.45, 2.75) is 32.7 Å². The number of pyridine rings is 1. The fourth-order valence-electron chi connectivity index (χ4n) is 4.63. The quantitative estimate of drug-likeness (QED) is 0.259. The maximum absolute atomic E-state index is 13.3. The van der Waals surface area contributed by atoms with Gasteiger partial charge in [0, 0.05) is 30.2 Å². The molecule has 1 fully saturated rings. The molecule has 0 unspecified atom stereocenters. The van der Waals surface area contributed by atoms with E-state index in [0.717, 1.165) is 46.6 Å². The molecule has 1 aliphatic rings. The predicted octanol–water partition coefficient (Wildman–Crippen LogP) is 6.43. The smallest absolute Gasteiger partial charge is 0.163 e. The fourth-order valence-corrected chi connectivity index (χ4v) is 4.63. The minimum absolute atomic E-state index is 0.249. The molecule has 6 nitrogen and oxygen atoms in total. The summed E-state index contributed by atoms with van der Waals surface area (Å²) < 4.78 is 31.0. The minimum Gasteiger partial charge on any atom is -0.493 e. The predicted molar refractivity (Wildman–Crippen MR) is 140 cm³/mol. The lowest BCUT2D eigenvalue weighted by atomic mass is 10.1. The Morgan fingerprint density at radius 3 is 2.56 bits per heavy atom. The molecular formula is C29H32FN3O3. The van der Waals surface area contributed by atoms with Crippen LogP contribution < -0.4 is 14.8 Å². The maximum atomic E-state index is 13.3. The molecule has 1 aliphatic heterocycles. The number of likely N-dealkylation sites (tertiary alicyclic amines) is 1. The van der Waals surface area contributed by atoms with Gasteiger partial charge in [-0.15, -0.1) is 0 Å². The Bertz CT molecular complexity index is 1310. The molecular weight excluding hydrogens is 457 g/mol. The van der Waals surface area contributed by atoms with Crippen LogP contribution >= 0.6 is 0 Å². The molecule has 1 N–H and O–H groups in total. The molecule has 0 spiro atoms. The normalized spacial score (nSPS) is 13.9. The number of fused-ring (bicyclic) bond motifs is 1. The lowest BCUT2D eigenvalue weighted by Crippen LogP contribution is -2.21. The molecule has 0 bridgehead atoms. The third kappa shape index (κ3) is 5.62. The van der Waals surface area contributed by atoms with E-state index in [-0.39, 0.29) is 5.82 Å². The number of methoxy groups -OCH3 is 1. The van der Waals surface area contributed by atoms with Crippen LogP contribution in [0.4, 0.5) is 10.1 Å². The summed E-state index contributed by atoms with van der Waals surface area (Å²) in [5, 5.41) is 4.40. The highest BCUT2D eigenvalue weighted by atomic mass is 19.1. The van der Waals surface area contributed by atoms with Gasteiger partial charge in [0.1, 0.15) is 17.3 Å². The number of furan rings is 1.